The smallest absolute Gasteiger partial charge is 0.333 e. The Hall–Kier alpha value is -3.24. The third-order valence-electron chi connectivity index (χ3n) is 6.91. The molecule has 0 radical (unpaired) electrons. The number of hydrogen-bond donors (Lipinski definition) is 1. The molecule has 10 heteroatoms. The van der Waals surface area contributed by atoms with Crippen LogP contribution in [0.25, 0.3) is 5.52 Å². The number of aromatic nitrogens is 2. The number of hydrogen-bond acceptors (Lipinski definition) is 6. The molecule has 2 heterocycles. The van der Waals surface area contributed by atoms with Crippen molar-refractivity contribution in [2.24, 2.45) is 0 Å². The van der Waals surface area contributed by atoms with Crippen LogP contribution in [0.4, 0.5) is 4.39 Å². The first-order valence-electron chi connectivity index (χ1n) is 12.1. The predicted octanol–water partition coefficient (Wildman–Crippen LogP) is 5.04. The summed E-state index contributed by atoms with van der Waals surface area (Å²) >= 11 is 0. The number of nitrogens with zero attached hydrogens (tertiary/aromatic N) is 2. The van der Waals surface area contributed by atoms with E-state index in [4.69, 9.17) is 13.9 Å². The van der Waals surface area contributed by atoms with E-state index in [1.165, 1.54) is 13.2 Å². The van der Waals surface area contributed by atoms with Crippen molar-refractivity contribution in [1.82, 2.24) is 14.9 Å². The summed E-state index contributed by atoms with van der Waals surface area (Å²) in [6.45, 7) is 13.7. The van der Waals surface area contributed by atoms with Crippen LogP contribution in [0.15, 0.2) is 42.6 Å². The average Bonchev–Trinajstić information content (AvgIpc) is 3.16. The molecular formula is C27H36FN3O5Si. The van der Waals surface area contributed by atoms with E-state index in [-0.39, 0.29) is 24.1 Å². The van der Waals surface area contributed by atoms with Crippen LogP contribution in [0.1, 0.15) is 49.3 Å². The molecule has 2 aromatic heterocycles. The Bertz CT molecular complexity index is 1300. The number of esters is 1. The summed E-state index contributed by atoms with van der Waals surface area (Å²) in [5.74, 6) is -1.01. The van der Waals surface area contributed by atoms with Crippen molar-refractivity contribution < 1.29 is 27.9 Å². The molecule has 0 fully saturated rings. The number of pyridine rings is 1. The average molecular weight is 530 g/mol. The Morgan fingerprint density at radius 2 is 1.81 bits per heavy atom. The van der Waals surface area contributed by atoms with E-state index in [0.29, 0.717) is 28.1 Å². The molecule has 0 aliphatic heterocycles. The highest BCUT2D eigenvalue weighted by molar-refractivity contribution is 6.74. The molecule has 1 atom stereocenters. The minimum atomic E-state index is -2.21. The number of fused-ring (bicyclic) bond motifs is 1. The molecule has 3 aromatic rings. The van der Waals surface area contributed by atoms with Crippen LogP contribution in [0.3, 0.4) is 0 Å². The number of halogens is 1. The summed E-state index contributed by atoms with van der Waals surface area (Å²) in [4.78, 5) is 26.3. The number of rotatable bonds is 9. The molecule has 0 bridgehead atoms. The molecular weight excluding hydrogens is 493 g/mol. The number of aryl methyl sites for hydroxylation is 1. The van der Waals surface area contributed by atoms with Crippen LogP contribution in [-0.4, -0.2) is 49.1 Å². The van der Waals surface area contributed by atoms with E-state index in [1.54, 1.807) is 54.9 Å². The SMILES string of the molecule is COC(=O)C(C)(CO[Si](C)(C)C(C)(C)C)NC(=O)c1c(C)nn2ccc(OCc3ccccc3F)cc12. The minimum absolute atomic E-state index is 0.0305. The van der Waals surface area contributed by atoms with Gasteiger partial charge in [0.2, 0.25) is 0 Å². The first-order valence-corrected chi connectivity index (χ1v) is 15.0. The van der Waals surface area contributed by atoms with Crippen LogP contribution < -0.4 is 10.1 Å². The van der Waals surface area contributed by atoms with Gasteiger partial charge in [0, 0.05) is 17.8 Å². The first kappa shape index (κ1) is 28.3. The van der Waals surface area contributed by atoms with Crippen LogP contribution in [-0.2, 0) is 20.6 Å². The molecule has 1 N–H and O–H groups in total. The Labute approximate surface area is 218 Å². The van der Waals surface area contributed by atoms with Crippen molar-refractivity contribution in [3.05, 3.63) is 65.2 Å². The monoisotopic (exact) mass is 529 g/mol. The van der Waals surface area contributed by atoms with Crippen molar-refractivity contribution in [1.29, 1.82) is 0 Å². The topological polar surface area (TPSA) is 91.2 Å². The number of methoxy groups -OCH3 is 1. The van der Waals surface area contributed by atoms with Gasteiger partial charge in [0.15, 0.2) is 13.9 Å². The lowest BCUT2D eigenvalue weighted by Gasteiger charge is -2.39. The summed E-state index contributed by atoms with van der Waals surface area (Å²) in [5, 5.41) is 7.17. The zero-order chi connectivity index (χ0) is 27.6. The zero-order valence-corrected chi connectivity index (χ0v) is 23.8. The molecule has 37 heavy (non-hydrogen) atoms. The quantitative estimate of drug-likeness (QED) is 0.308. The van der Waals surface area contributed by atoms with Crippen molar-refractivity contribution in [2.45, 2.75) is 64.9 Å². The standard InChI is InChI=1S/C27H36FN3O5Si/c1-18-23(24(32)29-27(5,25(33)34-6)17-36-37(7,8)26(2,3)4)22-15-20(13-14-31(22)30-18)35-16-19-11-9-10-12-21(19)28/h9-15H,16-17H2,1-8H3,(H,29,32). The van der Waals surface area contributed by atoms with Crippen molar-refractivity contribution in [3.8, 4) is 5.75 Å². The fraction of sp³-hybridized carbons (Fsp3) is 0.444. The molecule has 0 aliphatic carbocycles. The number of carbonyl (C=O) groups excluding carboxylic acids is 2. The van der Waals surface area contributed by atoms with Crippen LogP contribution >= 0.6 is 0 Å². The van der Waals surface area contributed by atoms with E-state index in [1.807, 2.05) is 0 Å². The molecule has 0 saturated heterocycles. The van der Waals surface area contributed by atoms with Gasteiger partial charge in [-0.3, -0.25) is 4.79 Å². The summed E-state index contributed by atoms with van der Waals surface area (Å²) < 4.78 is 32.6. The first-order chi connectivity index (χ1) is 17.2. The van der Waals surface area contributed by atoms with Crippen LogP contribution in [0, 0.1) is 12.7 Å². The maximum Gasteiger partial charge on any atom is 0.333 e. The van der Waals surface area contributed by atoms with Crippen LogP contribution in [0.2, 0.25) is 18.1 Å². The third-order valence-corrected chi connectivity index (χ3v) is 11.4. The second-order valence-corrected chi connectivity index (χ2v) is 15.7. The van der Waals surface area contributed by atoms with E-state index in [0.717, 1.165) is 0 Å². The highest BCUT2D eigenvalue weighted by atomic mass is 28.4. The van der Waals surface area contributed by atoms with Gasteiger partial charge in [-0.05, 0) is 44.1 Å². The number of carbonyl (C=O) groups is 2. The molecule has 1 aromatic carbocycles. The summed E-state index contributed by atoms with van der Waals surface area (Å²) in [5.41, 5.74) is 0.250. The second kappa shape index (κ2) is 10.6. The van der Waals surface area contributed by atoms with Gasteiger partial charge in [-0.15, -0.1) is 0 Å². The van der Waals surface area contributed by atoms with Gasteiger partial charge in [0.25, 0.3) is 5.91 Å². The van der Waals surface area contributed by atoms with Gasteiger partial charge < -0.3 is 19.2 Å². The Morgan fingerprint density at radius 1 is 1.14 bits per heavy atom. The molecule has 8 nitrogen and oxygen atoms in total. The molecule has 200 valence electrons. The van der Waals surface area contributed by atoms with Gasteiger partial charge >= 0.3 is 5.97 Å². The fourth-order valence-electron chi connectivity index (χ4n) is 3.52. The van der Waals surface area contributed by atoms with Crippen LogP contribution in [0.5, 0.6) is 5.75 Å². The zero-order valence-electron chi connectivity index (χ0n) is 22.8. The predicted molar refractivity (Wildman–Crippen MR) is 142 cm³/mol. The van der Waals surface area contributed by atoms with E-state index < -0.39 is 25.7 Å². The van der Waals surface area contributed by atoms with Gasteiger partial charge in [0.1, 0.15) is 18.2 Å². The Morgan fingerprint density at radius 3 is 2.43 bits per heavy atom. The number of amides is 1. The highest BCUT2D eigenvalue weighted by Crippen LogP contribution is 2.37. The normalized spacial score (nSPS) is 13.8. The maximum atomic E-state index is 14.0. The third kappa shape index (κ3) is 6.19. The molecule has 1 unspecified atom stereocenters. The molecule has 0 aliphatic rings. The summed E-state index contributed by atoms with van der Waals surface area (Å²) in [6, 6.07) is 9.73. The Kier molecular flexibility index (Phi) is 8.14. The number of nitrogens with one attached hydrogen (secondary N) is 1. The lowest BCUT2D eigenvalue weighted by Crippen LogP contribution is -2.58. The molecule has 0 spiro atoms. The lowest BCUT2D eigenvalue weighted by atomic mass is 10.0. The second-order valence-electron chi connectivity index (χ2n) is 10.9. The molecule has 0 saturated carbocycles. The van der Waals surface area contributed by atoms with E-state index in [9.17, 15) is 14.0 Å². The molecule has 3 rings (SSSR count). The van der Waals surface area contributed by atoms with Crippen molar-refractivity contribution in [2.75, 3.05) is 13.7 Å². The van der Waals surface area contributed by atoms with Gasteiger partial charge in [-0.2, -0.15) is 5.10 Å². The van der Waals surface area contributed by atoms with E-state index >= 15 is 0 Å². The van der Waals surface area contributed by atoms with Gasteiger partial charge in [-0.25, -0.2) is 13.7 Å². The summed E-state index contributed by atoms with van der Waals surface area (Å²) in [7, 11) is -0.936. The number of ether oxygens (including phenoxy) is 2. The Balaban J connectivity index is 1.87. The molecule has 1 amide bonds. The maximum absolute atomic E-state index is 14.0. The fourth-order valence-corrected chi connectivity index (χ4v) is 4.60. The van der Waals surface area contributed by atoms with Crippen molar-refractivity contribution in [3.63, 3.8) is 0 Å². The van der Waals surface area contributed by atoms with Gasteiger partial charge in [0.05, 0.1) is 30.5 Å². The lowest BCUT2D eigenvalue weighted by molar-refractivity contribution is -0.148. The minimum Gasteiger partial charge on any atom is -0.489 e. The largest absolute Gasteiger partial charge is 0.489 e. The van der Waals surface area contributed by atoms with Crippen molar-refractivity contribution >= 4 is 25.7 Å². The summed E-state index contributed by atoms with van der Waals surface area (Å²) in [6.07, 6.45) is 1.66. The van der Waals surface area contributed by atoms with Gasteiger partial charge in [-0.1, -0.05) is 39.0 Å². The highest BCUT2D eigenvalue weighted by Gasteiger charge is 2.43. The number of benzene rings is 1. The van der Waals surface area contributed by atoms with E-state index in [2.05, 4.69) is 44.3 Å².